The van der Waals surface area contributed by atoms with Crippen molar-refractivity contribution in [3.8, 4) is 0 Å². The highest BCUT2D eigenvalue weighted by Gasteiger charge is 2.56. The Bertz CT molecular complexity index is 1620. The van der Waals surface area contributed by atoms with Crippen LogP contribution in [0.25, 0.3) is 0 Å². The van der Waals surface area contributed by atoms with E-state index in [1.807, 2.05) is 0 Å². The Hall–Kier alpha value is -3.22. The molecule has 2 aliphatic rings. The van der Waals surface area contributed by atoms with Crippen molar-refractivity contribution >= 4 is 69.6 Å². The van der Waals surface area contributed by atoms with Gasteiger partial charge in [-0.3, -0.25) is 28.8 Å². The largest absolute Gasteiger partial charge is 0.353 e. The van der Waals surface area contributed by atoms with Crippen molar-refractivity contribution in [1.29, 1.82) is 0 Å². The van der Waals surface area contributed by atoms with Crippen molar-refractivity contribution in [1.82, 2.24) is 20.5 Å². The first-order valence-electron chi connectivity index (χ1n) is 15.6. The van der Waals surface area contributed by atoms with Crippen LogP contribution in [0.1, 0.15) is 89.9 Å². The summed E-state index contributed by atoms with van der Waals surface area (Å²) in [5.74, 6) is -3.44. The van der Waals surface area contributed by atoms with E-state index in [1.54, 1.807) is 0 Å². The number of hydrogen-bond donors (Lipinski definition) is 4. The van der Waals surface area contributed by atoms with Gasteiger partial charge in [0.2, 0.25) is 17.6 Å². The summed E-state index contributed by atoms with van der Waals surface area (Å²) in [6.45, 7) is 11.0. The van der Waals surface area contributed by atoms with Gasteiger partial charge in [0, 0.05) is 25.2 Å². The SMILES string of the molecule is CNC(=O)C(=O)CCC(NC(=O)c1cc(Cl)sc1Cl)C(=O)Nc1cccn(CC(=O)NC23CC(C)(C)CC(C)(CC(C)(C)C2)C3)c1=O. The second-order valence-electron chi connectivity index (χ2n) is 15.0. The lowest BCUT2D eigenvalue weighted by atomic mass is 9.47. The molecule has 0 radical (unpaired) electrons. The molecule has 256 valence electrons. The number of likely N-dealkylation sites (N-methyl/N-ethyl adjacent to an activating group) is 1. The summed E-state index contributed by atoms with van der Waals surface area (Å²) in [6.07, 6.45) is 5.60. The molecule has 1 unspecified atom stereocenters. The van der Waals surface area contributed by atoms with Crippen LogP contribution in [0.5, 0.6) is 0 Å². The van der Waals surface area contributed by atoms with Crippen LogP contribution >= 0.6 is 34.5 Å². The fourth-order valence-corrected chi connectivity index (χ4v) is 10.0. The topological polar surface area (TPSA) is 155 Å². The number of amides is 4. The van der Waals surface area contributed by atoms with Crippen molar-refractivity contribution < 1.29 is 24.0 Å². The molecule has 4 rings (SSSR count). The standard InChI is InChI=1S/C33H43Cl2N5O6S/c1-30(2)14-32(5)15-31(3,4)17-33(16-30,18-32)39-24(42)13-40-11-7-8-21(29(40)46)38-27(44)20(9-10-22(41)28(45)36-6)37-26(43)19-12-23(34)47-25(19)35/h7-8,11-12,20H,9-10,13-18H2,1-6H3,(H,36,45)(H,37,43)(H,38,44)(H,39,42). The van der Waals surface area contributed by atoms with Crippen LogP contribution in [0.3, 0.4) is 0 Å². The van der Waals surface area contributed by atoms with Crippen molar-refractivity contribution in [2.75, 3.05) is 12.4 Å². The third kappa shape index (κ3) is 9.03. The Balaban J connectivity index is 1.50. The Kier molecular flexibility index (Phi) is 10.7. The summed E-state index contributed by atoms with van der Waals surface area (Å²) in [7, 11) is 1.30. The van der Waals surface area contributed by atoms with E-state index in [9.17, 15) is 28.8 Å². The minimum atomic E-state index is -1.32. The number of thiophene rings is 1. The lowest BCUT2D eigenvalue weighted by Crippen LogP contribution is -2.62. The minimum absolute atomic E-state index is 0.0349. The normalized spacial score (nSPS) is 23.2. The molecule has 47 heavy (non-hydrogen) atoms. The monoisotopic (exact) mass is 707 g/mol. The molecule has 0 aliphatic heterocycles. The number of carbonyl (C=O) groups excluding carboxylic acids is 5. The van der Waals surface area contributed by atoms with Gasteiger partial charge in [0.25, 0.3) is 17.4 Å². The molecule has 2 saturated carbocycles. The maximum atomic E-state index is 13.5. The summed E-state index contributed by atoms with van der Waals surface area (Å²) in [5, 5.41) is 10.6. The number of halogens is 2. The Morgan fingerprint density at radius 1 is 0.979 bits per heavy atom. The molecule has 4 N–H and O–H groups in total. The molecule has 2 heterocycles. The zero-order valence-electron chi connectivity index (χ0n) is 27.6. The predicted molar refractivity (Wildman–Crippen MR) is 183 cm³/mol. The highest BCUT2D eigenvalue weighted by Crippen LogP contribution is 2.61. The molecule has 2 aliphatic carbocycles. The van der Waals surface area contributed by atoms with E-state index in [1.165, 1.54) is 36.0 Å². The Morgan fingerprint density at radius 2 is 1.62 bits per heavy atom. The molecule has 2 fully saturated rings. The van der Waals surface area contributed by atoms with Crippen molar-refractivity contribution in [2.24, 2.45) is 16.2 Å². The van der Waals surface area contributed by atoms with Gasteiger partial charge in [-0.1, -0.05) is 57.8 Å². The van der Waals surface area contributed by atoms with E-state index in [0.717, 1.165) is 43.4 Å². The molecule has 2 aromatic rings. The quantitative estimate of drug-likeness (QED) is 0.243. The second kappa shape index (κ2) is 13.7. The van der Waals surface area contributed by atoms with E-state index in [0.29, 0.717) is 0 Å². The zero-order chi connectivity index (χ0) is 34.9. The summed E-state index contributed by atoms with van der Waals surface area (Å²) < 4.78 is 1.59. The second-order valence-corrected chi connectivity index (χ2v) is 17.3. The fourth-order valence-electron chi connectivity index (χ4n) is 8.59. The molecule has 1 atom stereocenters. The van der Waals surface area contributed by atoms with Crippen LogP contribution in [0, 0.1) is 16.2 Å². The average Bonchev–Trinajstić information content (AvgIpc) is 3.26. The van der Waals surface area contributed by atoms with E-state index < -0.39 is 40.6 Å². The van der Waals surface area contributed by atoms with Gasteiger partial charge in [0.15, 0.2) is 0 Å². The lowest BCUT2D eigenvalue weighted by Gasteiger charge is -2.61. The number of pyridine rings is 1. The third-order valence-electron chi connectivity index (χ3n) is 8.87. The van der Waals surface area contributed by atoms with Crippen LogP contribution in [0.15, 0.2) is 29.2 Å². The maximum absolute atomic E-state index is 13.5. The minimum Gasteiger partial charge on any atom is -0.353 e. The third-order valence-corrected chi connectivity index (χ3v) is 10.4. The highest BCUT2D eigenvalue weighted by molar-refractivity contribution is 7.20. The number of rotatable bonds is 11. The number of nitrogens with one attached hydrogen (secondary N) is 4. The van der Waals surface area contributed by atoms with Gasteiger partial charge in [-0.25, -0.2) is 0 Å². The van der Waals surface area contributed by atoms with Crippen LogP contribution in [-0.4, -0.2) is 52.6 Å². The van der Waals surface area contributed by atoms with Crippen LogP contribution in [-0.2, 0) is 25.7 Å². The first kappa shape index (κ1) is 36.6. The van der Waals surface area contributed by atoms with Crippen molar-refractivity contribution in [2.45, 2.75) is 97.7 Å². The summed E-state index contributed by atoms with van der Waals surface area (Å²) >= 11 is 13.1. The summed E-state index contributed by atoms with van der Waals surface area (Å²) in [5.41, 5.74) is -0.903. The average molecular weight is 709 g/mol. The van der Waals surface area contributed by atoms with Crippen LogP contribution < -0.4 is 26.8 Å². The number of hydrogen-bond acceptors (Lipinski definition) is 7. The van der Waals surface area contributed by atoms with Gasteiger partial charge in [0.05, 0.1) is 9.90 Å². The highest BCUT2D eigenvalue weighted by atomic mass is 35.5. The zero-order valence-corrected chi connectivity index (χ0v) is 29.9. The molecule has 0 aromatic carbocycles. The molecule has 11 nitrogen and oxygen atoms in total. The maximum Gasteiger partial charge on any atom is 0.287 e. The van der Waals surface area contributed by atoms with Gasteiger partial charge in [-0.05, 0) is 73.0 Å². The summed E-state index contributed by atoms with van der Waals surface area (Å²) in [6, 6.07) is 2.94. The van der Waals surface area contributed by atoms with Crippen LogP contribution in [0.4, 0.5) is 5.69 Å². The molecule has 2 bridgehead atoms. The fraction of sp³-hybridized carbons (Fsp3) is 0.576. The van der Waals surface area contributed by atoms with Crippen LogP contribution in [0.2, 0.25) is 8.67 Å². The van der Waals surface area contributed by atoms with Crippen molar-refractivity contribution in [3.63, 3.8) is 0 Å². The number of aromatic nitrogens is 1. The number of ketones is 1. The van der Waals surface area contributed by atoms with E-state index in [-0.39, 0.29) is 61.5 Å². The summed E-state index contributed by atoms with van der Waals surface area (Å²) in [4.78, 5) is 77.3. The number of Topliss-reactive ketones (excluding diaryl/α,β-unsaturated/α-hetero) is 1. The van der Waals surface area contributed by atoms with Crippen molar-refractivity contribution in [3.05, 3.63) is 49.0 Å². The van der Waals surface area contributed by atoms with Gasteiger partial charge in [0.1, 0.15) is 22.6 Å². The smallest absolute Gasteiger partial charge is 0.287 e. The van der Waals surface area contributed by atoms with E-state index >= 15 is 0 Å². The molecule has 0 saturated heterocycles. The van der Waals surface area contributed by atoms with E-state index in [4.69, 9.17) is 23.2 Å². The lowest BCUT2D eigenvalue weighted by molar-refractivity contribution is -0.137. The molecule has 2 aromatic heterocycles. The number of nitrogens with zero attached hydrogens (tertiary/aromatic N) is 1. The van der Waals surface area contributed by atoms with Gasteiger partial charge < -0.3 is 25.8 Å². The Morgan fingerprint density at radius 3 is 2.19 bits per heavy atom. The predicted octanol–water partition coefficient (Wildman–Crippen LogP) is 4.94. The van der Waals surface area contributed by atoms with Gasteiger partial charge in [-0.2, -0.15) is 0 Å². The first-order valence-corrected chi connectivity index (χ1v) is 17.1. The molecule has 0 spiro atoms. The molecule has 4 amide bonds. The first-order chi connectivity index (χ1) is 21.7. The van der Waals surface area contributed by atoms with Gasteiger partial charge in [-0.15, -0.1) is 11.3 Å². The molecular weight excluding hydrogens is 665 g/mol. The Labute approximate surface area is 288 Å². The van der Waals surface area contributed by atoms with E-state index in [2.05, 4.69) is 55.9 Å². The number of fused-ring (bicyclic) bond motifs is 2. The number of carbonyl (C=O) groups is 5. The van der Waals surface area contributed by atoms with Gasteiger partial charge >= 0.3 is 0 Å². The number of anilines is 1. The molecular formula is C33H43Cl2N5O6S. The molecule has 14 heteroatoms.